The Kier molecular flexibility index (Phi) is 9.44. The average Bonchev–Trinajstić information content (AvgIpc) is 3.72. The second-order valence-corrected chi connectivity index (χ2v) is 15.1. The number of benzene rings is 4. The molecule has 0 saturated carbocycles. The molecule has 6 nitrogen and oxygen atoms in total. The molecule has 0 N–H and O–H groups in total. The molecule has 0 saturated heterocycles. The van der Waals surface area contributed by atoms with Crippen LogP contribution in [0.25, 0.3) is 22.5 Å². The van der Waals surface area contributed by atoms with Crippen LogP contribution in [0.15, 0.2) is 118 Å². The molecular weight excluding hydrogens is 854 g/mol. The number of ether oxygens (including phenoxy) is 2. The van der Waals surface area contributed by atoms with Crippen LogP contribution in [0.2, 0.25) is 0 Å². The predicted molar refractivity (Wildman–Crippen MR) is 206 cm³/mol. The summed E-state index contributed by atoms with van der Waals surface area (Å²) >= 11 is 7.38. The van der Waals surface area contributed by atoms with Gasteiger partial charge in [-0.15, -0.1) is 11.3 Å². The largest absolute Gasteiger partial charge is 0.487 e. The number of carbonyl (C=O) groups is 1. The zero-order valence-corrected chi connectivity index (χ0v) is 30.9. The van der Waals surface area contributed by atoms with Crippen LogP contribution < -0.4 is 19.6 Å². The number of hydrogen-bond donors (Lipinski definition) is 0. The molecule has 4 aromatic carbocycles. The Hall–Kier alpha value is -3.59. The molecule has 1 aliphatic heterocycles. The van der Waals surface area contributed by atoms with E-state index < -0.39 is 12.0 Å². The third kappa shape index (κ3) is 6.35. The van der Waals surface area contributed by atoms with Crippen molar-refractivity contribution in [2.75, 3.05) is 6.61 Å². The lowest BCUT2D eigenvalue weighted by atomic mass is 9.97. The summed E-state index contributed by atoms with van der Waals surface area (Å²) < 4.78 is 16.2. The van der Waals surface area contributed by atoms with E-state index in [1.165, 1.54) is 22.7 Å². The Labute approximate surface area is 306 Å². The first kappa shape index (κ1) is 32.0. The van der Waals surface area contributed by atoms with Gasteiger partial charge in [-0.2, -0.15) is 0 Å². The van der Waals surface area contributed by atoms with Crippen LogP contribution in [0, 0.1) is 7.14 Å². The molecule has 47 heavy (non-hydrogen) atoms. The van der Waals surface area contributed by atoms with Crippen LogP contribution in [0.5, 0.6) is 5.75 Å². The highest BCUT2D eigenvalue weighted by molar-refractivity contribution is 14.1. The predicted octanol–water partition coefficient (Wildman–Crippen LogP) is 7.94. The molecular formula is C37H26I2N2O4S2. The Morgan fingerprint density at radius 3 is 2.55 bits per heavy atom. The molecule has 0 spiro atoms. The first-order chi connectivity index (χ1) is 22.9. The van der Waals surface area contributed by atoms with Crippen molar-refractivity contribution < 1.29 is 14.3 Å². The minimum Gasteiger partial charge on any atom is -0.487 e. The standard InChI is InChI=1S/C37H26I2N2O4S2/c1-2-44-36(43)31-32(23-11-4-3-5-12-23)40-37-41(33(31)29-16-9-17-46-29)35(42)30(47-37)19-25-18-26(38)20-28(39)34(25)45-21-24-14-8-13-22-10-6-7-15-27(22)24/h3-20,33H,2,21H2,1H3/b30-19-/t33-/m1/s1. The van der Waals surface area contributed by atoms with Crippen LogP contribution in [-0.4, -0.2) is 17.1 Å². The normalized spacial score (nSPS) is 14.6. The summed E-state index contributed by atoms with van der Waals surface area (Å²) in [7, 11) is 0. The molecule has 2 aromatic heterocycles. The van der Waals surface area contributed by atoms with Crippen molar-refractivity contribution in [3.63, 3.8) is 0 Å². The van der Waals surface area contributed by atoms with E-state index in [1.54, 1.807) is 11.5 Å². The van der Waals surface area contributed by atoms with Crippen LogP contribution >= 0.6 is 67.9 Å². The molecule has 0 amide bonds. The molecule has 7 rings (SSSR count). The van der Waals surface area contributed by atoms with Gasteiger partial charge in [0.1, 0.15) is 18.4 Å². The molecule has 6 aromatic rings. The van der Waals surface area contributed by atoms with Gasteiger partial charge in [0.2, 0.25) is 0 Å². The zero-order chi connectivity index (χ0) is 32.5. The first-order valence-electron chi connectivity index (χ1n) is 14.8. The van der Waals surface area contributed by atoms with Gasteiger partial charge >= 0.3 is 5.97 Å². The number of rotatable bonds is 8. The summed E-state index contributed by atoms with van der Waals surface area (Å²) in [5.74, 6) is 0.218. The van der Waals surface area contributed by atoms with Crippen LogP contribution in [-0.2, 0) is 16.1 Å². The molecule has 1 atom stereocenters. The van der Waals surface area contributed by atoms with Crippen molar-refractivity contribution in [2.24, 2.45) is 4.99 Å². The van der Waals surface area contributed by atoms with Crippen LogP contribution in [0.1, 0.15) is 34.5 Å². The van der Waals surface area contributed by atoms with Gasteiger partial charge in [0.15, 0.2) is 4.80 Å². The van der Waals surface area contributed by atoms with Gasteiger partial charge in [-0.05, 0) is 98.1 Å². The van der Waals surface area contributed by atoms with Gasteiger partial charge < -0.3 is 9.47 Å². The third-order valence-corrected chi connectivity index (χ3v) is 11.1. The smallest absolute Gasteiger partial charge is 0.338 e. The average molecular weight is 881 g/mol. The summed E-state index contributed by atoms with van der Waals surface area (Å²) in [5, 5.41) is 4.25. The Morgan fingerprint density at radius 2 is 1.77 bits per heavy atom. The third-order valence-electron chi connectivity index (χ3n) is 7.76. The second-order valence-electron chi connectivity index (χ2n) is 10.7. The van der Waals surface area contributed by atoms with Crippen molar-refractivity contribution >= 4 is 96.4 Å². The van der Waals surface area contributed by atoms with E-state index in [-0.39, 0.29) is 12.2 Å². The molecule has 0 unspecified atom stereocenters. The maximum atomic E-state index is 14.4. The fourth-order valence-corrected chi connectivity index (χ4v) is 9.57. The number of aromatic nitrogens is 1. The molecule has 0 fully saturated rings. The Bertz CT molecular complexity index is 2340. The van der Waals surface area contributed by atoms with Crippen molar-refractivity contribution in [1.82, 2.24) is 4.57 Å². The number of nitrogens with zero attached hydrogens (tertiary/aromatic N) is 2. The summed E-state index contributed by atoms with van der Waals surface area (Å²) in [6.45, 7) is 2.36. The van der Waals surface area contributed by atoms with Gasteiger partial charge in [-0.1, -0.05) is 90.2 Å². The second kappa shape index (κ2) is 13.9. The van der Waals surface area contributed by atoms with E-state index in [9.17, 15) is 9.59 Å². The lowest BCUT2D eigenvalue weighted by Crippen LogP contribution is -2.39. The molecule has 10 heteroatoms. The maximum absolute atomic E-state index is 14.4. The lowest BCUT2D eigenvalue weighted by Gasteiger charge is -2.24. The van der Waals surface area contributed by atoms with Gasteiger partial charge in [0.05, 0.1) is 26.0 Å². The number of thiazole rings is 1. The van der Waals surface area contributed by atoms with E-state index in [1.807, 2.05) is 78.2 Å². The molecule has 0 bridgehead atoms. The molecule has 0 aliphatic carbocycles. The number of fused-ring (bicyclic) bond motifs is 2. The highest BCUT2D eigenvalue weighted by atomic mass is 127. The van der Waals surface area contributed by atoms with Crippen molar-refractivity contribution in [3.8, 4) is 5.75 Å². The number of thiophene rings is 1. The van der Waals surface area contributed by atoms with E-state index in [2.05, 4.69) is 75.5 Å². The van der Waals surface area contributed by atoms with E-state index in [0.29, 0.717) is 33.0 Å². The van der Waals surface area contributed by atoms with Crippen LogP contribution in [0.4, 0.5) is 0 Å². The molecule has 0 radical (unpaired) electrons. The summed E-state index contributed by atoms with van der Waals surface area (Å²) in [6.07, 6.45) is 1.88. The Morgan fingerprint density at radius 1 is 0.979 bits per heavy atom. The molecule has 3 heterocycles. The highest BCUT2D eigenvalue weighted by Crippen LogP contribution is 2.37. The number of hydrogen-bond acceptors (Lipinski definition) is 7. The van der Waals surface area contributed by atoms with Crippen molar-refractivity contribution in [3.05, 3.63) is 156 Å². The number of carbonyl (C=O) groups excluding carboxylic acids is 1. The zero-order valence-electron chi connectivity index (χ0n) is 25.0. The van der Waals surface area contributed by atoms with Gasteiger partial charge in [0.25, 0.3) is 5.56 Å². The van der Waals surface area contributed by atoms with E-state index >= 15 is 0 Å². The summed E-state index contributed by atoms with van der Waals surface area (Å²) in [4.78, 5) is 34.3. The summed E-state index contributed by atoms with van der Waals surface area (Å²) in [5.41, 5.74) is 3.30. The molecule has 1 aliphatic rings. The van der Waals surface area contributed by atoms with Crippen molar-refractivity contribution in [2.45, 2.75) is 19.6 Å². The fraction of sp³-hybridized carbons (Fsp3) is 0.108. The monoisotopic (exact) mass is 880 g/mol. The minimum absolute atomic E-state index is 0.207. The fourth-order valence-electron chi connectivity index (χ4n) is 5.71. The van der Waals surface area contributed by atoms with Gasteiger partial charge in [-0.3, -0.25) is 9.36 Å². The minimum atomic E-state index is -0.680. The van der Waals surface area contributed by atoms with Gasteiger partial charge in [0, 0.05) is 19.6 Å². The maximum Gasteiger partial charge on any atom is 0.338 e. The topological polar surface area (TPSA) is 69.9 Å². The van der Waals surface area contributed by atoms with Gasteiger partial charge in [-0.25, -0.2) is 9.79 Å². The van der Waals surface area contributed by atoms with E-state index in [4.69, 9.17) is 14.5 Å². The summed E-state index contributed by atoms with van der Waals surface area (Å²) in [6, 6.07) is 31.3. The Balaban J connectivity index is 1.38. The highest BCUT2D eigenvalue weighted by Gasteiger charge is 2.35. The molecule has 234 valence electrons. The SMILES string of the molecule is CCOC(=O)C1=C(c2ccccc2)N=c2s/c(=C\c3cc(I)cc(I)c3OCc3cccc4ccccc34)c(=O)n2[C@@H]1c1cccs1. The van der Waals surface area contributed by atoms with Crippen molar-refractivity contribution in [1.29, 1.82) is 0 Å². The first-order valence-corrected chi connectivity index (χ1v) is 18.7. The lowest BCUT2D eigenvalue weighted by molar-refractivity contribution is -0.138. The van der Waals surface area contributed by atoms with Crippen LogP contribution in [0.3, 0.4) is 0 Å². The number of esters is 1. The quantitative estimate of drug-likeness (QED) is 0.115. The number of halogens is 2. The van der Waals surface area contributed by atoms with E-state index in [0.717, 1.165) is 39.5 Å².